The van der Waals surface area contributed by atoms with Gasteiger partial charge in [0, 0.05) is 42.7 Å². The van der Waals surface area contributed by atoms with Crippen LogP contribution >= 0.6 is 0 Å². The Morgan fingerprint density at radius 2 is 1.86 bits per heavy atom. The van der Waals surface area contributed by atoms with E-state index in [-0.39, 0.29) is 11.8 Å². The summed E-state index contributed by atoms with van der Waals surface area (Å²) in [4.78, 5) is 23.8. The first-order chi connectivity index (χ1) is 14.3. The minimum Gasteiger partial charge on any atom is -0.437 e. The van der Waals surface area contributed by atoms with Gasteiger partial charge >= 0.3 is 0 Å². The number of carbonyl (C=O) groups excluding carboxylic acids is 1. The van der Waals surface area contributed by atoms with Crippen LogP contribution in [-0.4, -0.2) is 44.1 Å². The van der Waals surface area contributed by atoms with Gasteiger partial charge in [-0.25, -0.2) is 4.98 Å². The first kappa shape index (κ1) is 17.8. The quantitative estimate of drug-likeness (QED) is 0.738. The van der Waals surface area contributed by atoms with Crippen molar-refractivity contribution in [2.75, 3.05) is 13.1 Å². The fourth-order valence-corrected chi connectivity index (χ4v) is 4.30. The molecular weight excluding hydrogens is 366 g/mol. The molecule has 3 aromatic rings. The van der Waals surface area contributed by atoms with Crippen LogP contribution in [0.25, 0.3) is 0 Å². The Kier molecular flexibility index (Phi) is 4.71. The van der Waals surface area contributed by atoms with E-state index in [1.54, 1.807) is 12.4 Å². The average Bonchev–Trinajstić information content (AvgIpc) is 3.39. The molecule has 2 aliphatic rings. The molecule has 1 fully saturated rings. The van der Waals surface area contributed by atoms with Crippen LogP contribution in [0, 0.1) is 0 Å². The second-order valence-electron chi connectivity index (χ2n) is 7.61. The number of rotatable bonds is 4. The Bertz CT molecular complexity index is 1010. The minimum atomic E-state index is 0.0442. The number of H-pyrrole nitrogens is 1. The number of aromatic amines is 1. The van der Waals surface area contributed by atoms with Crippen LogP contribution < -0.4 is 4.74 Å². The van der Waals surface area contributed by atoms with Gasteiger partial charge in [-0.1, -0.05) is 18.2 Å². The van der Waals surface area contributed by atoms with E-state index in [9.17, 15) is 4.79 Å². The maximum atomic E-state index is 13.0. The summed E-state index contributed by atoms with van der Waals surface area (Å²) >= 11 is 0. The number of benzene rings is 1. The summed E-state index contributed by atoms with van der Waals surface area (Å²) in [6, 6.07) is 9.62. The lowest BCUT2D eigenvalue weighted by atomic mass is 9.93. The minimum absolute atomic E-state index is 0.0442. The number of hydrogen-bond donors (Lipinski definition) is 1. The van der Waals surface area contributed by atoms with Gasteiger partial charge in [0.1, 0.15) is 11.4 Å². The summed E-state index contributed by atoms with van der Waals surface area (Å²) in [5, 5.41) is 7.33. The number of piperidine rings is 1. The van der Waals surface area contributed by atoms with E-state index in [1.165, 1.54) is 0 Å². The zero-order chi connectivity index (χ0) is 19.6. The van der Waals surface area contributed by atoms with Crippen molar-refractivity contribution in [1.29, 1.82) is 0 Å². The van der Waals surface area contributed by atoms with Gasteiger partial charge in [0.25, 0.3) is 5.91 Å². The SMILES string of the molecule is O=C(c1n[nH]c2c1CCC2)N1CCC(c2nccnc2Oc2ccccc2)CC1. The standard InChI is InChI=1S/C22H23N5O2/c28-22(20-17-7-4-8-18(17)25-26-20)27-13-9-15(10-14-27)19-21(24-12-11-23-19)29-16-5-2-1-3-6-16/h1-3,5-6,11-12,15H,4,7-10,13-14H2,(H,25,26). The van der Waals surface area contributed by atoms with Gasteiger partial charge in [-0.05, 0) is 44.2 Å². The molecule has 0 spiro atoms. The van der Waals surface area contributed by atoms with Crippen molar-refractivity contribution in [3.05, 3.63) is 65.4 Å². The highest BCUT2D eigenvalue weighted by Gasteiger charge is 2.31. The van der Waals surface area contributed by atoms with Gasteiger partial charge in [0.05, 0.1) is 0 Å². The second-order valence-corrected chi connectivity index (χ2v) is 7.61. The topological polar surface area (TPSA) is 84.0 Å². The number of likely N-dealkylation sites (tertiary alicyclic amines) is 1. The van der Waals surface area contributed by atoms with Crippen LogP contribution in [0.15, 0.2) is 42.7 Å². The molecule has 148 valence electrons. The molecule has 1 aliphatic carbocycles. The van der Waals surface area contributed by atoms with Crippen molar-refractivity contribution in [3.63, 3.8) is 0 Å². The predicted molar refractivity (Wildman–Crippen MR) is 107 cm³/mol. The van der Waals surface area contributed by atoms with E-state index in [0.717, 1.165) is 54.8 Å². The Balaban J connectivity index is 1.28. The fourth-order valence-electron chi connectivity index (χ4n) is 4.30. The summed E-state index contributed by atoms with van der Waals surface area (Å²) < 4.78 is 5.98. The first-order valence-electron chi connectivity index (χ1n) is 10.2. The fraction of sp³-hybridized carbons (Fsp3) is 0.364. The van der Waals surface area contributed by atoms with E-state index < -0.39 is 0 Å². The second kappa shape index (κ2) is 7.66. The maximum absolute atomic E-state index is 13.0. The number of amides is 1. The zero-order valence-corrected chi connectivity index (χ0v) is 16.2. The van der Waals surface area contributed by atoms with E-state index in [1.807, 2.05) is 35.2 Å². The zero-order valence-electron chi connectivity index (χ0n) is 16.2. The molecule has 1 aliphatic heterocycles. The third-order valence-corrected chi connectivity index (χ3v) is 5.83. The molecule has 1 amide bonds. The lowest BCUT2D eigenvalue weighted by molar-refractivity contribution is 0.0704. The summed E-state index contributed by atoms with van der Waals surface area (Å²) in [5.41, 5.74) is 3.72. The number of nitrogens with zero attached hydrogens (tertiary/aromatic N) is 4. The molecule has 3 heterocycles. The van der Waals surface area contributed by atoms with E-state index in [0.29, 0.717) is 24.7 Å². The molecule has 0 radical (unpaired) electrons. The van der Waals surface area contributed by atoms with Gasteiger partial charge in [-0.15, -0.1) is 0 Å². The summed E-state index contributed by atoms with van der Waals surface area (Å²) in [5.74, 6) is 1.56. The Labute approximate surface area is 169 Å². The van der Waals surface area contributed by atoms with Crippen LogP contribution in [0.3, 0.4) is 0 Å². The van der Waals surface area contributed by atoms with Crippen molar-refractivity contribution in [3.8, 4) is 11.6 Å². The van der Waals surface area contributed by atoms with Gasteiger partial charge in [0.2, 0.25) is 5.88 Å². The monoisotopic (exact) mass is 389 g/mol. The molecule has 0 bridgehead atoms. The highest BCUT2D eigenvalue weighted by molar-refractivity contribution is 5.94. The first-order valence-corrected chi connectivity index (χ1v) is 10.2. The van der Waals surface area contributed by atoms with Crippen LogP contribution in [0.5, 0.6) is 11.6 Å². The summed E-state index contributed by atoms with van der Waals surface area (Å²) in [6.07, 6.45) is 8.07. The molecular formula is C22H23N5O2. The third kappa shape index (κ3) is 3.48. The number of nitrogens with one attached hydrogen (secondary N) is 1. The number of fused-ring (bicyclic) bond motifs is 1. The Morgan fingerprint density at radius 1 is 1.07 bits per heavy atom. The van der Waals surface area contributed by atoms with Crippen molar-refractivity contribution in [2.24, 2.45) is 0 Å². The Hall–Kier alpha value is -3.22. The van der Waals surface area contributed by atoms with Crippen LogP contribution in [0.1, 0.15) is 52.6 Å². The van der Waals surface area contributed by atoms with Crippen molar-refractivity contribution >= 4 is 5.91 Å². The molecule has 1 N–H and O–H groups in total. The van der Waals surface area contributed by atoms with Gasteiger partial charge in [-0.3, -0.25) is 14.9 Å². The summed E-state index contributed by atoms with van der Waals surface area (Å²) in [7, 11) is 0. The number of hydrogen-bond acceptors (Lipinski definition) is 5. The highest BCUT2D eigenvalue weighted by atomic mass is 16.5. The van der Waals surface area contributed by atoms with Gasteiger partial charge in [0.15, 0.2) is 5.69 Å². The smallest absolute Gasteiger partial charge is 0.274 e. The normalized spacial score (nSPS) is 16.6. The molecule has 7 heteroatoms. The van der Waals surface area contributed by atoms with E-state index in [2.05, 4.69) is 20.2 Å². The molecule has 5 rings (SSSR count). The van der Waals surface area contributed by atoms with Crippen molar-refractivity contribution < 1.29 is 9.53 Å². The van der Waals surface area contributed by atoms with Crippen LogP contribution in [0.2, 0.25) is 0 Å². The maximum Gasteiger partial charge on any atom is 0.274 e. The van der Waals surface area contributed by atoms with Gasteiger partial charge < -0.3 is 9.64 Å². The predicted octanol–water partition coefficient (Wildman–Crippen LogP) is 3.50. The Morgan fingerprint density at radius 3 is 2.69 bits per heavy atom. The van der Waals surface area contributed by atoms with E-state index >= 15 is 0 Å². The molecule has 1 saturated heterocycles. The van der Waals surface area contributed by atoms with Crippen LogP contribution in [0.4, 0.5) is 0 Å². The lowest BCUT2D eigenvalue weighted by Crippen LogP contribution is -2.38. The lowest BCUT2D eigenvalue weighted by Gasteiger charge is -2.31. The van der Waals surface area contributed by atoms with Crippen molar-refractivity contribution in [2.45, 2.75) is 38.0 Å². The highest BCUT2D eigenvalue weighted by Crippen LogP contribution is 2.34. The molecule has 0 saturated carbocycles. The van der Waals surface area contributed by atoms with Crippen LogP contribution in [-0.2, 0) is 12.8 Å². The molecule has 0 atom stereocenters. The molecule has 7 nitrogen and oxygen atoms in total. The average molecular weight is 389 g/mol. The third-order valence-electron chi connectivity index (χ3n) is 5.83. The molecule has 1 aromatic carbocycles. The molecule has 0 unspecified atom stereocenters. The molecule has 29 heavy (non-hydrogen) atoms. The number of aryl methyl sites for hydroxylation is 1. The summed E-state index contributed by atoms with van der Waals surface area (Å²) in [6.45, 7) is 1.37. The number of carbonyl (C=O) groups is 1. The molecule has 2 aromatic heterocycles. The largest absolute Gasteiger partial charge is 0.437 e. The van der Waals surface area contributed by atoms with Gasteiger partial charge in [-0.2, -0.15) is 5.10 Å². The number of aromatic nitrogens is 4. The number of ether oxygens (including phenoxy) is 1. The van der Waals surface area contributed by atoms with E-state index in [4.69, 9.17) is 4.74 Å². The number of para-hydroxylation sites is 1. The van der Waals surface area contributed by atoms with Crippen molar-refractivity contribution in [1.82, 2.24) is 25.1 Å².